The SMILES string of the molecule is ClCCc1ccc(-c2ccc(-c3ccc(CCCl)cc3)cc2)cc1. The van der Waals surface area contributed by atoms with Crippen LogP contribution in [0.25, 0.3) is 22.3 Å². The summed E-state index contributed by atoms with van der Waals surface area (Å²) in [6.45, 7) is 0. The number of halogens is 2. The molecule has 3 rings (SSSR count). The Morgan fingerprint density at radius 1 is 0.417 bits per heavy atom. The van der Waals surface area contributed by atoms with Crippen LogP contribution in [0.4, 0.5) is 0 Å². The van der Waals surface area contributed by atoms with E-state index in [1.54, 1.807) is 0 Å². The van der Waals surface area contributed by atoms with Crippen molar-refractivity contribution >= 4 is 23.2 Å². The predicted octanol–water partition coefficient (Wildman–Crippen LogP) is 6.58. The van der Waals surface area contributed by atoms with Gasteiger partial charge in [0, 0.05) is 11.8 Å². The maximum atomic E-state index is 5.79. The first kappa shape index (κ1) is 17.1. The van der Waals surface area contributed by atoms with Crippen LogP contribution in [0.3, 0.4) is 0 Å². The summed E-state index contributed by atoms with van der Waals surface area (Å²) in [5, 5.41) is 0. The normalized spacial score (nSPS) is 10.8. The third kappa shape index (κ3) is 4.20. The molecule has 0 bridgehead atoms. The Kier molecular flexibility index (Phi) is 5.96. The van der Waals surface area contributed by atoms with Crippen molar-refractivity contribution in [1.82, 2.24) is 0 Å². The molecule has 0 nitrogen and oxygen atoms in total. The zero-order valence-corrected chi connectivity index (χ0v) is 15.0. The smallest absolute Gasteiger partial charge is 0.0263 e. The second-order valence-electron chi connectivity index (χ2n) is 5.85. The van der Waals surface area contributed by atoms with E-state index in [9.17, 15) is 0 Å². The second-order valence-corrected chi connectivity index (χ2v) is 6.61. The lowest BCUT2D eigenvalue weighted by molar-refractivity contribution is 1.15. The predicted molar refractivity (Wildman–Crippen MR) is 106 cm³/mol. The summed E-state index contributed by atoms with van der Waals surface area (Å²) in [4.78, 5) is 0. The van der Waals surface area contributed by atoms with Gasteiger partial charge in [0.25, 0.3) is 0 Å². The van der Waals surface area contributed by atoms with E-state index in [1.165, 1.54) is 33.4 Å². The van der Waals surface area contributed by atoms with Crippen molar-refractivity contribution in [1.29, 1.82) is 0 Å². The van der Waals surface area contributed by atoms with Gasteiger partial charge in [-0.05, 0) is 46.2 Å². The van der Waals surface area contributed by atoms with Crippen LogP contribution in [0.2, 0.25) is 0 Å². The minimum atomic E-state index is 0.664. The summed E-state index contributed by atoms with van der Waals surface area (Å²) < 4.78 is 0. The maximum absolute atomic E-state index is 5.79. The summed E-state index contributed by atoms with van der Waals surface area (Å²) in [6.07, 6.45) is 1.83. The Bertz CT molecular complexity index is 688. The van der Waals surface area contributed by atoms with Gasteiger partial charge in [-0.2, -0.15) is 0 Å². The van der Waals surface area contributed by atoms with E-state index in [2.05, 4.69) is 72.8 Å². The third-order valence-corrected chi connectivity index (χ3v) is 4.60. The molecule has 0 aliphatic rings. The van der Waals surface area contributed by atoms with Crippen molar-refractivity contribution in [3.8, 4) is 22.3 Å². The number of hydrogen-bond donors (Lipinski definition) is 0. The van der Waals surface area contributed by atoms with E-state index in [1.807, 2.05) is 0 Å². The minimum absolute atomic E-state index is 0.664. The highest BCUT2D eigenvalue weighted by Gasteiger charge is 2.01. The first-order valence-corrected chi connectivity index (χ1v) is 9.27. The highest BCUT2D eigenvalue weighted by atomic mass is 35.5. The second kappa shape index (κ2) is 8.37. The standard InChI is InChI=1S/C22H20Cl2/c23-15-13-17-1-5-19(6-2-17)21-9-11-22(12-10-21)20-7-3-18(4-8-20)14-16-24/h1-12H,13-16H2. The number of alkyl halides is 2. The number of hydrogen-bond acceptors (Lipinski definition) is 0. The Balaban J connectivity index is 1.77. The molecule has 0 radical (unpaired) electrons. The van der Waals surface area contributed by atoms with Crippen LogP contribution in [-0.2, 0) is 12.8 Å². The fraction of sp³-hybridized carbons (Fsp3) is 0.182. The molecule has 0 fully saturated rings. The monoisotopic (exact) mass is 354 g/mol. The zero-order chi connectivity index (χ0) is 16.8. The molecule has 3 aromatic rings. The largest absolute Gasteiger partial charge is 0.126 e. The highest BCUT2D eigenvalue weighted by molar-refractivity contribution is 6.18. The van der Waals surface area contributed by atoms with E-state index in [4.69, 9.17) is 23.2 Å². The van der Waals surface area contributed by atoms with Crippen LogP contribution < -0.4 is 0 Å². The van der Waals surface area contributed by atoms with Gasteiger partial charge < -0.3 is 0 Å². The fourth-order valence-corrected chi connectivity index (χ4v) is 3.24. The third-order valence-electron chi connectivity index (χ3n) is 4.23. The lowest BCUT2D eigenvalue weighted by atomic mass is 9.98. The molecule has 0 aliphatic heterocycles. The van der Waals surface area contributed by atoms with E-state index >= 15 is 0 Å². The average Bonchev–Trinajstić information content (AvgIpc) is 2.64. The van der Waals surface area contributed by atoms with Crippen LogP contribution in [0, 0.1) is 0 Å². The van der Waals surface area contributed by atoms with Crippen molar-refractivity contribution in [3.05, 3.63) is 83.9 Å². The molecular formula is C22H20Cl2. The Hall–Kier alpha value is -1.76. The van der Waals surface area contributed by atoms with Gasteiger partial charge in [0.15, 0.2) is 0 Å². The molecule has 0 saturated heterocycles. The molecule has 0 aromatic heterocycles. The van der Waals surface area contributed by atoms with Gasteiger partial charge in [-0.25, -0.2) is 0 Å². The van der Waals surface area contributed by atoms with Crippen LogP contribution in [0.1, 0.15) is 11.1 Å². The lowest BCUT2D eigenvalue weighted by Gasteiger charge is -2.07. The molecule has 3 aromatic carbocycles. The number of rotatable bonds is 6. The van der Waals surface area contributed by atoms with Crippen molar-refractivity contribution < 1.29 is 0 Å². The van der Waals surface area contributed by atoms with Crippen LogP contribution in [0.15, 0.2) is 72.8 Å². The van der Waals surface area contributed by atoms with Crippen molar-refractivity contribution in [2.24, 2.45) is 0 Å². The molecule has 0 saturated carbocycles. The zero-order valence-electron chi connectivity index (χ0n) is 13.5. The van der Waals surface area contributed by atoms with Gasteiger partial charge in [0.2, 0.25) is 0 Å². The first-order valence-electron chi connectivity index (χ1n) is 8.21. The molecular weight excluding hydrogens is 335 g/mol. The molecule has 24 heavy (non-hydrogen) atoms. The molecule has 0 heterocycles. The Labute approximate surface area is 154 Å². The van der Waals surface area contributed by atoms with Gasteiger partial charge in [0.05, 0.1) is 0 Å². The summed E-state index contributed by atoms with van der Waals surface area (Å²) in [7, 11) is 0. The minimum Gasteiger partial charge on any atom is -0.126 e. The Morgan fingerprint density at radius 3 is 0.917 bits per heavy atom. The fourth-order valence-electron chi connectivity index (χ4n) is 2.80. The van der Waals surface area contributed by atoms with E-state index < -0.39 is 0 Å². The molecule has 0 unspecified atom stereocenters. The molecule has 0 N–H and O–H groups in total. The molecule has 2 heteroatoms. The van der Waals surface area contributed by atoms with E-state index in [0.717, 1.165) is 12.8 Å². The summed E-state index contributed by atoms with van der Waals surface area (Å²) >= 11 is 11.6. The topological polar surface area (TPSA) is 0 Å². The summed E-state index contributed by atoms with van der Waals surface area (Å²) in [5.41, 5.74) is 7.49. The van der Waals surface area contributed by atoms with Crippen molar-refractivity contribution in [2.75, 3.05) is 11.8 Å². The highest BCUT2D eigenvalue weighted by Crippen LogP contribution is 2.25. The summed E-state index contributed by atoms with van der Waals surface area (Å²) in [5.74, 6) is 1.33. The van der Waals surface area contributed by atoms with Gasteiger partial charge >= 0.3 is 0 Å². The maximum Gasteiger partial charge on any atom is 0.0263 e. The van der Waals surface area contributed by atoms with Gasteiger partial charge in [0.1, 0.15) is 0 Å². The number of aryl methyl sites for hydroxylation is 2. The molecule has 0 aliphatic carbocycles. The molecule has 0 atom stereocenters. The summed E-state index contributed by atoms with van der Waals surface area (Å²) in [6, 6.07) is 26.0. The first-order chi connectivity index (χ1) is 11.8. The van der Waals surface area contributed by atoms with Gasteiger partial charge in [-0.3, -0.25) is 0 Å². The lowest BCUT2D eigenvalue weighted by Crippen LogP contribution is -1.87. The quantitative estimate of drug-likeness (QED) is 0.438. The van der Waals surface area contributed by atoms with Gasteiger partial charge in [-0.1, -0.05) is 72.8 Å². The van der Waals surface area contributed by atoms with E-state index in [0.29, 0.717) is 11.8 Å². The van der Waals surface area contributed by atoms with Crippen molar-refractivity contribution in [2.45, 2.75) is 12.8 Å². The molecule has 0 amide bonds. The van der Waals surface area contributed by atoms with Gasteiger partial charge in [-0.15, -0.1) is 23.2 Å². The van der Waals surface area contributed by atoms with Crippen molar-refractivity contribution in [3.63, 3.8) is 0 Å². The number of benzene rings is 3. The Morgan fingerprint density at radius 2 is 0.667 bits per heavy atom. The molecule has 0 spiro atoms. The van der Waals surface area contributed by atoms with Crippen LogP contribution in [0.5, 0.6) is 0 Å². The molecule has 122 valence electrons. The van der Waals surface area contributed by atoms with Crippen LogP contribution in [-0.4, -0.2) is 11.8 Å². The van der Waals surface area contributed by atoms with E-state index in [-0.39, 0.29) is 0 Å². The average molecular weight is 355 g/mol. The van der Waals surface area contributed by atoms with Crippen LogP contribution >= 0.6 is 23.2 Å².